The van der Waals surface area contributed by atoms with Crippen LogP contribution in [0, 0.1) is 5.92 Å². The summed E-state index contributed by atoms with van der Waals surface area (Å²) in [7, 11) is 0. The molecule has 0 saturated carbocycles. The maximum atomic E-state index is 12.8. The zero-order valence-corrected chi connectivity index (χ0v) is 17.3. The van der Waals surface area contributed by atoms with Crippen molar-refractivity contribution in [3.05, 3.63) is 30.0 Å². The maximum absolute atomic E-state index is 12.8. The molecule has 0 aliphatic rings. The predicted octanol–water partition coefficient (Wildman–Crippen LogP) is 3.61. The van der Waals surface area contributed by atoms with Gasteiger partial charge in [-0.05, 0) is 45.2 Å². The number of aromatic amines is 1. The van der Waals surface area contributed by atoms with Gasteiger partial charge in [0.05, 0.1) is 11.2 Å². The number of H-pyrrole nitrogens is 1. The van der Waals surface area contributed by atoms with E-state index in [0.29, 0.717) is 23.3 Å². The Kier molecular flexibility index (Phi) is 6.48. The van der Waals surface area contributed by atoms with Gasteiger partial charge in [-0.1, -0.05) is 26.0 Å². The minimum atomic E-state index is -0.743. The number of nitrogens with one attached hydrogen (secondary N) is 3. The molecule has 7 nitrogen and oxygen atoms in total. The molecule has 28 heavy (non-hydrogen) atoms. The van der Waals surface area contributed by atoms with E-state index in [4.69, 9.17) is 4.74 Å². The smallest absolute Gasteiger partial charge is 0.329 e. The SMILES string of the molecule is CC(=O)Nc1cccc2cc(C(=O)N[C@@H](CC(C)C)C(=O)OC(C)(C)C)[nH]c12. The van der Waals surface area contributed by atoms with E-state index >= 15 is 0 Å². The van der Waals surface area contributed by atoms with Gasteiger partial charge in [0, 0.05) is 12.3 Å². The van der Waals surface area contributed by atoms with Crippen LogP contribution in [-0.2, 0) is 14.3 Å². The summed E-state index contributed by atoms with van der Waals surface area (Å²) in [5.41, 5.74) is 0.923. The van der Waals surface area contributed by atoms with Crippen LogP contribution in [0.2, 0.25) is 0 Å². The first-order valence-corrected chi connectivity index (χ1v) is 9.39. The molecule has 0 radical (unpaired) electrons. The molecule has 2 amide bonds. The van der Waals surface area contributed by atoms with E-state index in [2.05, 4.69) is 15.6 Å². The van der Waals surface area contributed by atoms with Gasteiger partial charge in [0.15, 0.2) is 0 Å². The Balaban J connectivity index is 2.25. The van der Waals surface area contributed by atoms with Crippen molar-refractivity contribution < 1.29 is 19.1 Å². The van der Waals surface area contributed by atoms with E-state index in [-0.39, 0.29) is 11.8 Å². The molecule has 1 aromatic carbocycles. The van der Waals surface area contributed by atoms with Crippen molar-refractivity contribution in [3.8, 4) is 0 Å². The van der Waals surface area contributed by atoms with Gasteiger partial charge >= 0.3 is 5.97 Å². The summed E-state index contributed by atoms with van der Waals surface area (Å²) in [5, 5.41) is 6.30. The van der Waals surface area contributed by atoms with E-state index in [1.165, 1.54) is 6.92 Å². The van der Waals surface area contributed by atoms with Crippen molar-refractivity contribution >= 4 is 34.4 Å². The third-order valence-electron chi connectivity index (χ3n) is 3.92. The second-order valence-electron chi connectivity index (χ2n) is 8.32. The highest BCUT2D eigenvalue weighted by atomic mass is 16.6. The molecule has 1 atom stereocenters. The number of hydrogen-bond donors (Lipinski definition) is 3. The number of hydrogen-bond acceptors (Lipinski definition) is 4. The van der Waals surface area contributed by atoms with Gasteiger partial charge in [-0.3, -0.25) is 9.59 Å². The number of carbonyl (C=O) groups is 3. The molecule has 1 aromatic heterocycles. The predicted molar refractivity (Wildman–Crippen MR) is 109 cm³/mol. The average molecular weight is 387 g/mol. The van der Waals surface area contributed by atoms with E-state index < -0.39 is 23.5 Å². The van der Waals surface area contributed by atoms with Crippen LogP contribution in [0.5, 0.6) is 0 Å². The number of benzene rings is 1. The molecule has 152 valence electrons. The molecule has 2 rings (SSSR count). The summed E-state index contributed by atoms with van der Waals surface area (Å²) >= 11 is 0. The highest BCUT2D eigenvalue weighted by Gasteiger charge is 2.28. The number of esters is 1. The van der Waals surface area contributed by atoms with E-state index in [0.717, 1.165) is 5.39 Å². The molecule has 2 aromatic rings. The van der Waals surface area contributed by atoms with Crippen LogP contribution in [0.1, 0.15) is 58.5 Å². The number of carbonyl (C=O) groups excluding carboxylic acids is 3. The monoisotopic (exact) mass is 387 g/mol. The molecule has 0 spiro atoms. The molecule has 0 aliphatic heterocycles. The first-order valence-electron chi connectivity index (χ1n) is 9.39. The van der Waals surface area contributed by atoms with Crippen LogP contribution in [0.25, 0.3) is 10.9 Å². The Morgan fingerprint density at radius 3 is 2.43 bits per heavy atom. The zero-order valence-electron chi connectivity index (χ0n) is 17.3. The molecular weight excluding hydrogens is 358 g/mol. The van der Waals surface area contributed by atoms with Gasteiger partial charge in [-0.15, -0.1) is 0 Å². The fourth-order valence-electron chi connectivity index (χ4n) is 2.87. The minimum absolute atomic E-state index is 0.199. The molecule has 0 aliphatic carbocycles. The molecule has 3 N–H and O–H groups in total. The van der Waals surface area contributed by atoms with Crippen molar-refractivity contribution in [2.75, 3.05) is 5.32 Å². The van der Waals surface area contributed by atoms with Crippen molar-refractivity contribution in [1.29, 1.82) is 0 Å². The summed E-state index contributed by atoms with van der Waals surface area (Å²) in [4.78, 5) is 39.7. The fourth-order valence-corrected chi connectivity index (χ4v) is 2.87. The number of ether oxygens (including phenoxy) is 1. The third kappa shape index (κ3) is 5.84. The van der Waals surface area contributed by atoms with Crippen molar-refractivity contribution in [2.45, 2.75) is 59.6 Å². The van der Waals surface area contributed by atoms with Crippen LogP contribution >= 0.6 is 0 Å². The first kappa shape index (κ1) is 21.5. The number of fused-ring (bicyclic) bond motifs is 1. The van der Waals surface area contributed by atoms with Gasteiger partial charge < -0.3 is 20.4 Å². The number of aromatic nitrogens is 1. The van der Waals surface area contributed by atoms with Crippen LogP contribution in [-0.4, -0.2) is 34.4 Å². The van der Waals surface area contributed by atoms with Gasteiger partial charge in [0.25, 0.3) is 5.91 Å². The fraction of sp³-hybridized carbons (Fsp3) is 0.476. The quantitative estimate of drug-likeness (QED) is 0.659. The normalized spacial score (nSPS) is 12.7. The van der Waals surface area contributed by atoms with Gasteiger partial charge in [0.1, 0.15) is 17.3 Å². The van der Waals surface area contributed by atoms with Crippen LogP contribution < -0.4 is 10.6 Å². The first-order chi connectivity index (χ1) is 13.0. The standard InChI is InChI=1S/C21H29N3O4/c1-12(2)10-17(20(27)28-21(4,5)6)24-19(26)16-11-14-8-7-9-15(18(14)23-16)22-13(3)25/h7-9,11-12,17,23H,10H2,1-6H3,(H,22,25)(H,24,26)/t17-/m0/s1. The summed E-state index contributed by atoms with van der Waals surface area (Å²) in [6.07, 6.45) is 0.470. The summed E-state index contributed by atoms with van der Waals surface area (Å²) in [6.45, 7) is 10.8. The van der Waals surface area contributed by atoms with E-state index in [1.807, 2.05) is 19.9 Å². The minimum Gasteiger partial charge on any atom is -0.458 e. The summed E-state index contributed by atoms with van der Waals surface area (Å²) in [5.74, 6) is -0.854. The molecule has 0 saturated heterocycles. The largest absolute Gasteiger partial charge is 0.458 e. The summed E-state index contributed by atoms with van der Waals surface area (Å²) in [6, 6.07) is 6.34. The molecule has 0 fully saturated rings. The van der Waals surface area contributed by atoms with Gasteiger partial charge in [-0.25, -0.2) is 4.79 Å². The Labute approximate surface area is 165 Å². The van der Waals surface area contributed by atoms with Crippen LogP contribution in [0.15, 0.2) is 24.3 Å². The van der Waals surface area contributed by atoms with E-state index in [9.17, 15) is 14.4 Å². The number of para-hydroxylation sites is 1. The van der Waals surface area contributed by atoms with Crippen LogP contribution in [0.3, 0.4) is 0 Å². The van der Waals surface area contributed by atoms with Gasteiger partial charge in [0.2, 0.25) is 5.91 Å². The van der Waals surface area contributed by atoms with Crippen molar-refractivity contribution in [1.82, 2.24) is 10.3 Å². The van der Waals surface area contributed by atoms with Crippen LogP contribution in [0.4, 0.5) is 5.69 Å². The topological polar surface area (TPSA) is 100 Å². The molecule has 1 heterocycles. The zero-order chi connectivity index (χ0) is 21.1. The lowest BCUT2D eigenvalue weighted by Crippen LogP contribution is -2.45. The molecule has 0 bridgehead atoms. The number of amides is 2. The number of rotatable bonds is 6. The summed E-state index contributed by atoms with van der Waals surface area (Å²) < 4.78 is 5.45. The second kappa shape index (κ2) is 8.46. The lowest BCUT2D eigenvalue weighted by Gasteiger charge is -2.25. The molecule has 0 unspecified atom stereocenters. The maximum Gasteiger partial charge on any atom is 0.329 e. The average Bonchev–Trinajstić information content (AvgIpc) is 2.97. The Morgan fingerprint density at radius 1 is 1.18 bits per heavy atom. The Morgan fingerprint density at radius 2 is 1.86 bits per heavy atom. The van der Waals surface area contributed by atoms with Gasteiger partial charge in [-0.2, -0.15) is 0 Å². The lowest BCUT2D eigenvalue weighted by atomic mass is 10.0. The Bertz CT molecular complexity index is 877. The third-order valence-corrected chi connectivity index (χ3v) is 3.92. The molecule has 7 heteroatoms. The molecular formula is C21H29N3O4. The lowest BCUT2D eigenvalue weighted by molar-refractivity contribution is -0.157. The Hall–Kier alpha value is -2.83. The second-order valence-corrected chi connectivity index (χ2v) is 8.32. The van der Waals surface area contributed by atoms with Crippen molar-refractivity contribution in [3.63, 3.8) is 0 Å². The highest BCUT2D eigenvalue weighted by Crippen LogP contribution is 2.24. The highest BCUT2D eigenvalue weighted by molar-refractivity contribution is 6.05. The van der Waals surface area contributed by atoms with Crippen molar-refractivity contribution in [2.24, 2.45) is 5.92 Å². The number of anilines is 1. The van der Waals surface area contributed by atoms with E-state index in [1.54, 1.807) is 39.0 Å².